The molecule has 0 fully saturated rings. The van der Waals surface area contributed by atoms with Gasteiger partial charge in [0.1, 0.15) is 0 Å². The number of rotatable bonds is 1. The number of hydrogen-bond acceptors (Lipinski definition) is 2. The second-order valence-electron chi connectivity index (χ2n) is 4.88. The van der Waals surface area contributed by atoms with Gasteiger partial charge < -0.3 is 5.32 Å². The quantitative estimate of drug-likeness (QED) is 0.794. The van der Waals surface area contributed by atoms with E-state index in [0.29, 0.717) is 0 Å². The van der Waals surface area contributed by atoms with Gasteiger partial charge in [0, 0.05) is 28.3 Å². The van der Waals surface area contributed by atoms with Gasteiger partial charge in [-0.15, -0.1) is 0 Å². The van der Waals surface area contributed by atoms with Crippen LogP contribution in [0.1, 0.15) is 30.5 Å². The number of aromatic nitrogens is 1. The van der Waals surface area contributed by atoms with E-state index in [1.54, 1.807) is 0 Å². The summed E-state index contributed by atoms with van der Waals surface area (Å²) < 4.78 is 1.11. The first kappa shape index (κ1) is 12.0. The lowest BCUT2D eigenvalue weighted by molar-refractivity contribution is 0.709. The predicted molar refractivity (Wildman–Crippen MR) is 80.2 cm³/mol. The van der Waals surface area contributed by atoms with E-state index in [1.807, 2.05) is 7.05 Å². The summed E-state index contributed by atoms with van der Waals surface area (Å²) in [6.07, 6.45) is 6.14. The fourth-order valence-corrected chi connectivity index (χ4v) is 3.22. The number of hydrogen-bond donors (Lipinski definition) is 1. The molecular weight excluding hydrogens is 288 g/mol. The summed E-state index contributed by atoms with van der Waals surface area (Å²) in [4.78, 5) is 4.86. The van der Waals surface area contributed by atoms with Crippen molar-refractivity contribution >= 4 is 32.5 Å². The van der Waals surface area contributed by atoms with Gasteiger partial charge in [0.05, 0.1) is 5.52 Å². The smallest absolute Gasteiger partial charge is 0.0727 e. The molecule has 1 aliphatic carbocycles. The molecule has 0 atom stereocenters. The summed E-state index contributed by atoms with van der Waals surface area (Å²) in [6, 6.07) is 6.34. The van der Waals surface area contributed by atoms with E-state index >= 15 is 0 Å². The van der Waals surface area contributed by atoms with Gasteiger partial charge in [-0.05, 0) is 49.4 Å². The molecule has 0 unspecified atom stereocenters. The molecule has 1 aromatic heterocycles. The number of pyridine rings is 1. The Balaban J connectivity index is 2.31. The molecule has 1 heterocycles. The highest BCUT2D eigenvalue weighted by Crippen LogP contribution is 2.33. The Bertz CT molecular complexity index is 593. The van der Waals surface area contributed by atoms with Crippen LogP contribution in [0.2, 0.25) is 0 Å². The molecule has 2 aromatic rings. The van der Waals surface area contributed by atoms with Crippen molar-refractivity contribution in [3.05, 3.63) is 33.9 Å². The lowest BCUT2D eigenvalue weighted by Gasteiger charge is -2.15. The van der Waals surface area contributed by atoms with Gasteiger partial charge in [0.2, 0.25) is 0 Å². The van der Waals surface area contributed by atoms with Crippen molar-refractivity contribution in [1.82, 2.24) is 4.98 Å². The number of nitrogens with zero attached hydrogens (tertiary/aromatic N) is 1. The van der Waals surface area contributed by atoms with Crippen molar-refractivity contribution in [3.63, 3.8) is 0 Å². The molecule has 3 rings (SSSR count). The van der Waals surface area contributed by atoms with Crippen molar-refractivity contribution in [1.29, 1.82) is 0 Å². The topological polar surface area (TPSA) is 24.9 Å². The highest BCUT2D eigenvalue weighted by atomic mass is 79.9. The van der Waals surface area contributed by atoms with Crippen LogP contribution in [0.15, 0.2) is 22.7 Å². The van der Waals surface area contributed by atoms with Gasteiger partial charge in [-0.2, -0.15) is 0 Å². The van der Waals surface area contributed by atoms with Gasteiger partial charge in [-0.25, -0.2) is 0 Å². The van der Waals surface area contributed by atoms with Crippen molar-refractivity contribution in [2.75, 3.05) is 12.4 Å². The predicted octanol–water partition coefficient (Wildman–Crippen LogP) is 4.31. The summed E-state index contributed by atoms with van der Waals surface area (Å²) >= 11 is 3.55. The highest BCUT2D eigenvalue weighted by molar-refractivity contribution is 9.10. The van der Waals surface area contributed by atoms with Crippen LogP contribution in [0, 0.1) is 0 Å². The molecule has 0 radical (unpaired) electrons. The molecule has 2 nitrogen and oxygen atoms in total. The maximum absolute atomic E-state index is 4.86. The van der Waals surface area contributed by atoms with Crippen molar-refractivity contribution in [2.24, 2.45) is 0 Å². The molecule has 0 bridgehead atoms. The number of halogens is 1. The van der Waals surface area contributed by atoms with Crippen LogP contribution < -0.4 is 5.32 Å². The van der Waals surface area contributed by atoms with Crippen LogP contribution in [0.5, 0.6) is 0 Å². The first-order chi connectivity index (χ1) is 8.79. The molecule has 1 aliphatic rings. The molecule has 0 saturated heterocycles. The molecule has 18 heavy (non-hydrogen) atoms. The normalized spacial score (nSPS) is 15.2. The number of nitrogens with one attached hydrogen (secondary N) is 1. The fourth-order valence-electron chi connectivity index (χ4n) is 2.86. The molecule has 94 valence electrons. The third-order valence-corrected chi connectivity index (χ3v) is 4.22. The van der Waals surface area contributed by atoms with E-state index in [0.717, 1.165) is 22.8 Å². The molecule has 0 saturated carbocycles. The maximum atomic E-state index is 4.86. The van der Waals surface area contributed by atoms with Crippen molar-refractivity contribution in [3.8, 4) is 0 Å². The van der Waals surface area contributed by atoms with Crippen LogP contribution >= 0.6 is 15.9 Å². The zero-order valence-corrected chi connectivity index (χ0v) is 12.2. The van der Waals surface area contributed by atoms with E-state index in [1.165, 1.54) is 41.6 Å². The first-order valence-corrected chi connectivity index (χ1v) is 7.37. The van der Waals surface area contributed by atoms with Crippen molar-refractivity contribution in [2.45, 2.75) is 32.1 Å². The van der Waals surface area contributed by atoms with E-state index in [9.17, 15) is 0 Å². The Morgan fingerprint density at radius 2 is 2.00 bits per heavy atom. The van der Waals surface area contributed by atoms with Gasteiger partial charge in [0.25, 0.3) is 0 Å². The van der Waals surface area contributed by atoms with Gasteiger partial charge in [-0.3, -0.25) is 4.98 Å². The van der Waals surface area contributed by atoms with Crippen LogP contribution in [0.3, 0.4) is 0 Å². The summed E-state index contributed by atoms with van der Waals surface area (Å²) in [7, 11) is 2.01. The van der Waals surface area contributed by atoms with Crippen LogP contribution in [0.25, 0.3) is 10.9 Å². The Labute approximate surface area is 116 Å². The minimum atomic E-state index is 1.10. The summed E-state index contributed by atoms with van der Waals surface area (Å²) in [5, 5.41) is 4.62. The second-order valence-corrected chi connectivity index (χ2v) is 5.80. The Hall–Kier alpha value is -1.09. The largest absolute Gasteiger partial charge is 0.387 e. The highest BCUT2D eigenvalue weighted by Gasteiger charge is 2.16. The standard InChI is InChI=1S/C15H17BrN2/c1-17-15-11-5-3-2-4-6-13(11)18-14-8-7-10(16)9-12(14)15/h7-9H,2-6H2,1H3,(H,17,18). The van der Waals surface area contributed by atoms with Gasteiger partial charge >= 0.3 is 0 Å². The molecule has 0 aliphatic heterocycles. The maximum Gasteiger partial charge on any atom is 0.0727 e. The SMILES string of the molecule is CNc1c2c(nc3ccc(Br)cc13)CCCCC2. The third kappa shape index (κ3) is 2.01. The lowest BCUT2D eigenvalue weighted by atomic mass is 10.0. The van der Waals surface area contributed by atoms with E-state index < -0.39 is 0 Å². The number of aryl methyl sites for hydroxylation is 1. The molecule has 1 aromatic carbocycles. The Morgan fingerprint density at radius 1 is 1.17 bits per heavy atom. The zero-order chi connectivity index (χ0) is 12.5. The zero-order valence-electron chi connectivity index (χ0n) is 10.6. The molecule has 0 spiro atoms. The summed E-state index contributed by atoms with van der Waals surface area (Å²) in [5.74, 6) is 0. The molecule has 3 heteroatoms. The van der Waals surface area contributed by atoms with Crippen LogP contribution in [-0.4, -0.2) is 12.0 Å². The minimum Gasteiger partial charge on any atom is -0.387 e. The van der Waals surface area contributed by atoms with Crippen molar-refractivity contribution < 1.29 is 0 Å². The van der Waals surface area contributed by atoms with Crippen LogP contribution in [-0.2, 0) is 12.8 Å². The second kappa shape index (κ2) is 4.88. The van der Waals surface area contributed by atoms with Crippen LogP contribution in [0.4, 0.5) is 5.69 Å². The molecule has 1 N–H and O–H groups in total. The number of benzene rings is 1. The average molecular weight is 305 g/mol. The third-order valence-electron chi connectivity index (χ3n) is 3.72. The van der Waals surface area contributed by atoms with Gasteiger partial charge in [-0.1, -0.05) is 22.4 Å². The first-order valence-electron chi connectivity index (χ1n) is 6.58. The Morgan fingerprint density at radius 3 is 2.83 bits per heavy atom. The lowest BCUT2D eigenvalue weighted by Crippen LogP contribution is -2.03. The molecular formula is C15H17BrN2. The summed E-state index contributed by atoms with van der Waals surface area (Å²) in [5.41, 5.74) is 5.11. The van der Waals surface area contributed by atoms with E-state index in [4.69, 9.17) is 4.98 Å². The average Bonchev–Trinajstić information content (AvgIpc) is 2.61. The fraction of sp³-hybridized carbons (Fsp3) is 0.400. The molecule has 0 amide bonds. The van der Waals surface area contributed by atoms with E-state index in [-0.39, 0.29) is 0 Å². The minimum absolute atomic E-state index is 1.10. The Kier molecular flexibility index (Phi) is 3.25. The van der Waals surface area contributed by atoms with Gasteiger partial charge in [0.15, 0.2) is 0 Å². The monoisotopic (exact) mass is 304 g/mol. The number of anilines is 1. The number of fused-ring (bicyclic) bond motifs is 2. The summed E-state index contributed by atoms with van der Waals surface area (Å²) in [6.45, 7) is 0. The van der Waals surface area contributed by atoms with E-state index in [2.05, 4.69) is 39.4 Å².